The maximum atomic E-state index is 12.6. The highest BCUT2D eigenvalue weighted by molar-refractivity contribution is 8.18. The number of thioether (sulfide) groups is 1. The Morgan fingerprint density at radius 1 is 1.29 bits per heavy atom. The maximum absolute atomic E-state index is 12.6. The molecule has 2 aromatic rings. The van der Waals surface area contributed by atoms with Crippen LogP contribution in [0.1, 0.15) is 19.6 Å². The van der Waals surface area contributed by atoms with Gasteiger partial charge >= 0.3 is 5.97 Å². The number of rotatable bonds is 5. The number of hydrogen-bond donors (Lipinski definition) is 0. The van der Waals surface area contributed by atoms with Crippen LogP contribution >= 0.6 is 35.0 Å². The molecule has 0 bridgehead atoms. The summed E-state index contributed by atoms with van der Waals surface area (Å²) in [5.74, 6) is -0.380. The van der Waals surface area contributed by atoms with Crippen molar-refractivity contribution in [3.63, 3.8) is 0 Å². The van der Waals surface area contributed by atoms with Crippen LogP contribution in [0.3, 0.4) is 0 Å². The van der Waals surface area contributed by atoms with Crippen molar-refractivity contribution in [3.05, 3.63) is 51.0 Å². The lowest BCUT2D eigenvalue weighted by atomic mass is 10.2. The average molecular weight is 440 g/mol. The van der Waals surface area contributed by atoms with Crippen molar-refractivity contribution in [3.8, 4) is 11.3 Å². The van der Waals surface area contributed by atoms with Gasteiger partial charge < -0.3 is 9.15 Å². The molecule has 1 aliphatic rings. The van der Waals surface area contributed by atoms with Gasteiger partial charge in [0.15, 0.2) is 0 Å². The molecule has 6 nitrogen and oxygen atoms in total. The second-order valence-electron chi connectivity index (χ2n) is 5.78. The number of furan rings is 1. The first-order valence-electron chi connectivity index (χ1n) is 8.31. The SMILES string of the molecule is CCOC(=O)[C@@H](C)N1C(=O)S/C(=C\c2ccc(-c3cccc(Cl)c3Cl)o2)C1=O. The van der Waals surface area contributed by atoms with Gasteiger partial charge in [0.2, 0.25) is 0 Å². The number of nitrogens with zero attached hydrogens (tertiary/aromatic N) is 1. The third-order valence-corrected chi connectivity index (χ3v) is 5.66. The van der Waals surface area contributed by atoms with Gasteiger partial charge in [0.05, 0.1) is 21.6 Å². The zero-order valence-corrected chi connectivity index (χ0v) is 17.2. The monoisotopic (exact) mass is 439 g/mol. The van der Waals surface area contributed by atoms with E-state index < -0.39 is 23.2 Å². The van der Waals surface area contributed by atoms with E-state index in [1.165, 1.54) is 13.0 Å². The topological polar surface area (TPSA) is 76.8 Å². The minimum Gasteiger partial charge on any atom is -0.464 e. The van der Waals surface area contributed by atoms with Crippen LogP contribution in [0.25, 0.3) is 17.4 Å². The van der Waals surface area contributed by atoms with E-state index in [-0.39, 0.29) is 11.5 Å². The lowest BCUT2D eigenvalue weighted by Crippen LogP contribution is -2.42. The molecule has 2 heterocycles. The Hall–Kier alpha value is -2.22. The second-order valence-corrected chi connectivity index (χ2v) is 7.56. The number of benzene rings is 1. The molecule has 0 radical (unpaired) electrons. The highest BCUT2D eigenvalue weighted by Gasteiger charge is 2.41. The smallest absolute Gasteiger partial charge is 0.329 e. The number of hydrogen-bond acceptors (Lipinski definition) is 6. The first-order valence-corrected chi connectivity index (χ1v) is 9.88. The first-order chi connectivity index (χ1) is 13.3. The molecule has 9 heteroatoms. The number of esters is 1. The van der Waals surface area contributed by atoms with Gasteiger partial charge in [-0.3, -0.25) is 14.5 Å². The van der Waals surface area contributed by atoms with Gasteiger partial charge in [-0.15, -0.1) is 0 Å². The highest BCUT2D eigenvalue weighted by atomic mass is 35.5. The van der Waals surface area contributed by atoms with E-state index in [2.05, 4.69) is 0 Å². The Morgan fingerprint density at radius 3 is 2.75 bits per heavy atom. The number of amides is 2. The average Bonchev–Trinajstić information content (AvgIpc) is 3.22. The number of imide groups is 1. The van der Waals surface area contributed by atoms with Crippen LogP contribution in [-0.4, -0.2) is 34.7 Å². The summed E-state index contributed by atoms with van der Waals surface area (Å²) in [6, 6.07) is 7.50. The fraction of sp³-hybridized carbons (Fsp3) is 0.211. The summed E-state index contributed by atoms with van der Waals surface area (Å²) >= 11 is 13.0. The van der Waals surface area contributed by atoms with E-state index in [1.54, 1.807) is 37.3 Å². The zero-order chi connectivity index (χ0) is 20.4. The van der Waals surface area contributed by atoms with E-state index in [1.807, 2.05) is 0 Å². The van der Waals surface area contributed by atoms with Gasteiger partial charge in [0, 0.05) is 11.6 Å². The van der Waals surface area contributed by atoms with Crippen molar-refractivity contribution in [2.75, 3.05) is 6.61 Å². The van der Waals surface area contributed by atoms with Crippen LogP contribution in [0.15, 0.2) is 39.7 Å². The molecule has 1 aromatic carbocycles. The van der Waals surface area contributed by atoms with Gasteiger partial charge in [-0.05, 0) is 49.9 Å². The van der Waals surface area contributed by atoms with E-state index in [0.717, 1.165) is 16.7 Å². The Morgan fingerprint density at radius 2 is 2.04 bits per heavy atom. The molecule has 146 valence electrons. The third kappa shape index (κ3) is 3.97. The molecule has 1 aromatic heterocycles. The van der Waals surface area contributed by atoms with E-state index in [4.69, 9.17) is 32.4 Å². The lowest BCUT2D eigenvalue weighted by Gasteiger charge is -2.19. The van der Waals surface area contributed by atoms with Gasteiger partial charge in [0.1, 0.15) is 17.6 Å². The third-order valence-electron chi connectivity index (χ3n) is 3.96. The summed E-state index contributed by atoms with van der Waals surface area (Å²) in [7, 11) is 0. The molecule has 3 rings (SSSR count). The van der Waals surface area contributed by atoms with E-state index in [0.29, 0.717) is 27.1 Å². The van der Waals surface area contributed by atoms with Crippen molar-refractivity contribution < 1.29 is 23.5 Å². The molecule has 1 fully saturated rings. The summed E-state index contributed by atoms with van der Waals surface area (Å²) in [6.45, 7) is 3.26. The molecular formula is C19H15Cl2NO5S. The Kier molecular flexibility index (Phi) is 6.17. The van der Waals surface area contributed by atoms with Gasteiger partial charge in [-0.1, -0.05) is 29.3 Å². The summed E-state index contributed by atoms with van der Waals surface area (Å²) in [4.78, 5) is 37.7. The molecule has 1 atom stereocenters. The van der Waals surface area contributed by atoms with E-state index >= 15 is 0 Å². The first kappa shape index (κ1) is 20.5. The molecule has 0 N–H and O–H groups in total. The number of ether oxygens (including phenoxy) is 1. The summed E-state index contributed by atoms with van der Waals surface area (Å²) in [5.41, 5.74) is 0.609. The fourth-order valence-electron chi connectivity index (χ4n) is 2.58. The highest BCUT2D eigenvalue weighted by Crippen LogP contribution is 2.37. The zero-order valence-electron chi connectivity index (χ0n) is 14.9. The normalized spacial score (nSPS) is 16.7. The molecule has 1 saturated heterocycles. The van der Waals surface area contributed by atoms with Crippen molar-refractivity contribution in [1.82, 2.24) is 4.90 Å². The Balaban J connectivity index is 1.84. The molecule has 0 spiro atoms. The standard InChI is InChI=1S/C19H15Cl2NO5S/c1-3-26-18(24)10(2)22-17(23)15(28-19(22)25)9-11-7-8-14(27-11)12-5-4-6-13(20)16(12)21/h4-10H,3H2,1-2H3/b15-9-/t10-/m1/s1. The molecule has 28 heavy (non-hydrogen) atoms. The Bertz CT molecular complexity index is 984. The Labute approximate surface area is 175 Å². The second kappa shape index (κ2) is 8.43. The summed E-state index contributed by atoms with van der Waals surface area (Å²) in [5, 5.41) is 0.210. The molecule has 2 amide bonds. The maximum Gasteiger partial charge on any atom is 0.329 e. The number of carbonyl (C=O) groups excluding carboxylic acids is 3. The van der Waals surface area contributed by atoms with Crippen LogP contribution in [0.5, 0.6) is 0 Å². The van der Waals surface area contributed by atoms with Gasteiger partial charge in [-0.2, -0.15) is 0 Å². The van der Waals surface area contributed by atoms with Gasteiger partial charge in [-0.25, -0.2) is 4.79 Å². The molecule has 0 saturated carbocycles. The van der Waals surface area contributed by atoms with Crippen LogP contribution in [0, 0.1) is 0 Å². The minimum atomic E-state index is -1.00. The van der Waals surface area contributed by atoms with Gasteiger partial charge in [0.25, 0.3) is 11.1 Å². The predicted octanol–water partition coefficient (Wildman–Crippen LogP) is 5.24. The molecule has 0 aliphatic carbocycles. The summed E-state index contributed by atoms with van der Waals surface area (Å²) in [6.07, 6.45) is 1.45. The largest absolute Gasteiger partial charge is 0.464 e. The minimum absolute atomic E-state index is 0.152. The fourth-order valence-corrected chi connectivity index (χ4v) is 3.86. The van der Waals surface area contributed by atoms with Crippen LogP contribution in [-0.2, 0) is 14.3 Å². The van der Waals surface area contributed by atoms with Crippen molar-refractivity contribution in [2.24, 2.45) is 0 Å². The lowest BCUT2D eigenvalue weighted by molar-refractivity contribution is -0.150. The molecule has 1 aliphatic heterocycles. The van der Waals surface area contributed by atoms with Crippen molar-refractivity contribution in [1.29, 1.82) is 0 Å². The quantitative estimate of drug-likeness (QED) is 0.468. The van der Waals surface area contributed by atoms with Crippen LogP contribution in [0.2, 0.25) is 10.0 Å². The molecule has 0 unspecified atom stereocenters. The molecular weight excluding hydrogens is 425 g/mol. The van der Waals surface area contributed by atoms with Crippen LogP contribution in [0.4, 0.5) is 4.79 Å². The van der Waals surface area contributed by atoms with Crippen LogP contribution < -0.4 is 0 Å². The van der Waals surface area contributed by atoms with E-state index in [9.17, 15) is 14.4 Å². The summed E-state index contributed by atoms with van der Waals surface area (Å²) < 4.78 is 10.6. The number of carbonyl (C=O) groups is 3. The van der Waals surface area contributed by atoms with Crippen molar-refractivity contribution in [2.45, 2.75) is 19.9 Å². The predicted molar refractivity (Wildman–Crippen MR) is 108 cm³/mol. The van der Waals surface area contributed by atoms with Crippen molar-refractivity contribution >= 4 is 58.2 Å². The number of halogens is 2.